The zero-order valence-corrected chi connectivity index (χ0v) is 23.5. The maximum Gasteiger partial charge on any atom is 0.257 e. The lowest BCUT2D eigenvalue weighted by molar-refractivity contribution is -0.115. The Hall–Kier alpha value is -3.89. The summed E-state index contributed by atoms with van der Waals surface area (Å²) >= 11 is 22.5. The maximum absolute atomic E-state index is 13.9. The first-order valence-electron chi connectivity index (χ1n) is 11.6. The van der Waals surface area contributed by atoms with Crippen LogP contribution >= 0.6 is 46.4 Å². The van der Waals surface area contributed by atoms with Gasteiger partial charge in [0.15, 0.2) is 12.1 Å². The van der Waals surface area contributed by atoms with Crippen molar-refractivity contribution in [2.45, 2.75) is 6.42 Å². The Morgan fingerprint density at radius 1 is 0.732 bits per heavy atom. The van der Waals surface area contributed by atoms with Crippen molar-refractivity contribution in [3.05, 3.63) is 115 Å². The van der Waals surface area contributed by atoms with Gasteiger partial charge < -0.3 is 10.6 Å². The first-order valence-corrected chi connectivity index (χ1v) is 13.1. The van der Waals surface area contributed by atoms with E-state index in [1.807, 2.05) is 6.07 Å². The Bertz CT molecular complexity index is 1720. The van der Waals surface area contributed by atoms with Crippen molar-refractivity contribution in [2.24, 2.45) is 0 Å². The molecule has 2 aromatic carbocycles. The zero-order valence-electron chi connectivity index (χ0n) is 20.5. The van der Waals surface area contributed by atoms with Crippen LogP contribution in [0.2, 0.25) is 20.4 Å². The highest BCUT2D eigenvalue weighted by Crippen LogP contribution is 2.33. The third-order valence-electron chi connectivity index (χ3n) is 5.57. The fourth-order valence-electron chi connectivity index (χ4n) is 3.65. The van der Waals surface area contributed by atoms with Gasteiger partial charge in [-0.1, -0.05) is 70.7 Å². The fraction of sp³-hybridized carbons (Fsp3) is 0.0357. The lowest BCUT2D eigenvalue weighted by atomic mass is 10.1. The van der Waals surface area contributed by atoms with E-state index in [9.17, 15) is 23.2 Å². The van der Waals surface area contributed by atoms with Crippen molar-refractivity contribution in [3.8, 4) is 0 Å². The predicted octanol–water partition coefficient (Wildman–Crippen LogP) is 7.54. The number of aromatic nitrogens is 2. The average Bonchev–Trinajstić information content (AvgIpc) is 3.46. The minimum Gasteiger partial charge on any atom is -0.310 e. The average molecular weight is 636 g/mol. The van der Waals surface area contributed by atoms with E-state index in [-0.39, 0.29) is 38.1 Å². The second kappa shape index (κ2) is 13.2. The molecular formula is C28H16Cl4F2N4O3. The number of anilines is 2. The molecule has 41 heavy (non-hydrogen) atoms. The summed E-state index contributed by atoms with van der Waals surface area (Å²) in [6, 6.07) is 15.6. The minimum absolute atomic E-state index is 0.00668. The zero-order chi connectivity index (χ0) is 29.7. The van der Waals surface area contributed by atoms with E-state index in [2.05, 4.69) is 20.6 Å². The van der Waals surface area contributed by atoms with Crippen LogP contribution in [-0.4, -0.2) is 28.1 Å². The molecule has 0 unspecified atom stereocenters. The molecule has 0 saturated heterocycles. The normalized spacial score (nSPS) is 13.7. The summed E-state index contributed by atoms with van der Waals surface area (Å²) in [6.07, 6.45) is 2.29. The van der Waals surface area contributed by atoms with Gasteiger partial charge in [0.25, 0.3) is 5.91 Å². The highest BCUT2D eigenvalue weighted by atomic mass is 35.5. The van der Waals surface area contributed by atoms with Crippen LogP contribution in [0, 0.1) is 11.6 Å². The van der Waals surface area contributed by atoms with E-state index >= 15 is 0 Å². The lowest BCUT2D eigenvalue weighted by Crippen LogP contribution is -2.04. The van der Waals surface area contributed by atoms with Crippen LogP contribution in [0.3, 0.4) is 0 Å². The van der Waals surface area contributed by atoms with Crippen LogP contribution in [0.4, 0.5) is 20.4 Å². The third kappa shape index (κ3) is 7.25. The van der Waals surface area contributed by atoms with Gasteiger partial charge >= 0.3 is 0 Å². The fourth-order valence-corrected chi connectivity index (χ4v) is 4.31. The van der Waals surface area contributed by atoms with Crippen LogP contribution in [-0.2, 0) is 16.0 Å². The largest absolute Gasteiger partial charge is 0.310 e. The maximum atomic E-state index is 13.9. The summed E-state index contributed by atoms with van der Waals surface area (Å²) < 4.78 is 26.5. The summed E-state index contributed by atoms with van der Waals surface area (Å²) in [5, 5.41) is 5.86. The lowest BCUT2D eigenvalue weighted by Gasteiger charge is -2.01. The number of aldehydes is 1. The number of pyridine rings is 2. The van der Waals surface area contributed by atoms with E-state index < -0.39 is 11.6 Å². The molecule has 6 rings (SSSR count). The Morgan fingerprint density at radius 3 is 1.95 bits per heavy atom. The number of carbonyl (C=O) groups excluding carboxylic acids is 3. The first kappa shape index (κ1) is 30.1. The Kier molecular flexibility index (Phi) is 9.67. The summed E-state index contributed by atoms with van der Waals surface area (Å²) in [6.45, 7) is 0. The first-order chi connectivity index (χ1) is 19.6. The SMILES string of the molecule is O=C1Cc2ccc(Cl)nc2N1.O=C1Nc2nc(Cl)ccc2C1=Cc1cccc(Cl)c1F.O=Cc1cccc(Cl)c1F. The van der Waals surface area contributed by atoms with Crippen LogP contribution in [0.25, 0.3) is 11.6 Å². The number of hydrogen-bond donors (Lipinski definition) is 2. The predicted molar refractivity (Wildman–Crippen MR) is 156 cm³/mol. The van der Waals surface area contributed by atoms with Crippen LogP contribution in [0.5, 0.6) is 0 Å². The molecule has 4 heterocycles. The van der Waals surface area contributed by atoms with E-state index in [0.29, 0.717) is 40.6 Å². The molecular weight excluding hydrogens is 620 g/mol. The van der Waals surface area contributed by atoms with Crippen LogP contribution < -0.4 is 10.6 Å². The molecule has 0 aliphatic carbocycles. The number of amides is 2. The van der Waals surface area contributed by atoms with Gasteiger partial charge in [0.1, 0.15) is 27.8 Å². The van der Waals surface area contributed by atoms with Crippen molar-refractivity contribution >= 4 is 87.8 Å². The van der Waals surface area contributed by atoms with Gasteiger partial charge in [-0.2, -0.15) is 0 Å². The molecule has 4 aromatic rings. The smallest absolute Gasteiger partial charge is 0.257 e. The number of benzene rings is 2. The topological polar surface area (TPSA) is 101 Å². The third-order valence-corrected chi connectivity index (χ3v) is 6.58. The second-order valence-corrected chi connectivity index (χ2v) is 9.90. The molecule has 0 atom stereocenters. The van der Waals surface area contributed by atoms with Crippen molar-refractivity contribution in [3.63, 3.8) is 0 Å². The van der Waals surface area contributed by atoms with Crippen molar-refractivity contribution in [2.75, 3.05) is 10.6 Å². The number of halogens is 6. The van der Waals surface area contributed by atoms with Crippen molar-refractivity contribution in [1.82, 2.24) is 9.97 Å². The van der Waals surface area contributed by atoms with Gasteiger partial charge in [0.2, 0.25) is 5.91 Å². The minimum atomic E-state index is -0.654. The summed E-state index contributed by atoms with van der Waals surface area (Å²) in [4.78, 5) is 40.8. The van der Waals surface area contributed by atoms with Crippen molar-refractivity contribution < 1.29 is 23.2 Å². The van der Waals surface area contributed by atoms with E-state index in [1.54, 1.807) is 30.3 Å². The van der Waals surface area contributed by atoms with Crippen LogP contribution in [0.15, 0.2) is 60.7 Å². The highest BCUT2D eigenvalue weighted by Gasteiger charge is 2.26. The number of fused-ring (bicyclic) bond motifs is 2. The van der Waals surface area contributed by atoms with Gasteiger partial charge in [-0.25, -0.2) is 18.7 Å². The highest BCUT2D eigenvalue weighted by molar-refractivity contribution is 6.36. The Morgan fingerprint density at radius 2 is 1.32 bits per heavy atom. The molecule has 0 bridgehead atoms. The summed E-state index contributed by atoms with van der Waals surface area (Å²) in [5.74, 6) is -0.619. The van der Waals surface area contributed by atoms with E-state index in [0.717, 1.165) is 5.56 Å². The molecule has 2 aromatic heterocycles. The molecule has 0 spiro atoms. The van der Waals surface area contributed by atoms with Gasteiger partial charge in [0.05, 0.1) is 27.6 Å². The second-order valence-electron chi connectivity index (χ2n) is 8.31. The monoisotopic (exact) mass is 634 g/mol. The number of carbonyl (C=O) groups is 3. The molecule has 0 fully saturated rings. The molecule has 2 amide bonds. The molecule has 7 nitrogen and oxygen atoms in total. The van der Waals surface area contributed by atoms with Gasteiger partial charge in [-0.05, 0) is 42.5 Å². The van der Waals surface area contributed by atoms with Gasteiger partial charge in [-0.15, -0.1) is 0 Å². The van der Waals surface area contributed by atoms with Crippen LogP contribution in [0.1, 0.15) is 27.0 Å². The summed E-state index contributed by atoms with van der Waals surface area (Å²) in [7, 11) is 0. The molecule has 2 aliphatic rings. The molecule has 13 heteroatoms. The molecule has 208 valence electrons. The quantitative estimate of drug-likeness (QED) is 0.135. The number of nitrogens with zero attached hydrogens (tertiary/aromatic N) is 2. The molecule has 0 radical (unpaired) electrons. The molecule has 2 aliphatic heterocycles. The van der Waals surface area contributed by atoms with Gasteiger partial charge in [-0.3, -0.25) is 14.4 Å². The standard InChI is InChI=1S/C14H7Cl2FN2O.C7H4ClFO.C7H5ClN2O/c15-10-3-1-2-7(12(10)17)6-9-8-4-5-11(16)18-13(8)19-14(9)20;8-6-3-1-2-5(4-10)7(6)9;8-5-2-1-4-3-6(11)10-7(4)9-5/h1-6H,(H,18,19,20);1-4H;1-2H,3H2,(H,9,10,11). The Labute approximate surface area is 252 Å². The number of hydrogen-bond acceptors (Lipinski definition) is 5. The van der Waals surface area contributed by atoms with Crippen molar-refractivity contribution in [1.29, 1.82) is 0 Å². The summed E-state index contributed by atoms with van der Waals surface area (Å²) in [5.41, 5.74) is 2.06. The Balaban J connectivity index is 0.000000156. The molecule has 2 N–H and O–H groups in total. The van der Waals surface area contributed by atoms with E-state index in [4.69, 9.17) is 46.4 Å². The van der Waals surface area contributed by atoms with Gasteiger partial charge in [0, 0.05) is 16.7 Å². The number of rotatable bonds is 2. The number of nitrogens with one attached hydrogen (secondary N) is 2. The van der Waals surface area contributed by atoms with E-state index in [1.165, 1.54) is 30.3 Å². The molecule has 0 saturated carbocycles.